The van der Waals surface area contributed by atoms with Crippen LogP contribution in [0.15, 0.2) is 48.5 Å². The van der Waals surface area contributed by atoms with Crippen LogP contribution in [0.4, 0.5) is 5.69 Å². The van der Waals surface area contributed by atoms with Crippen LogP contribution in [0.25, 0.3) is 10.2 Å². The maximum atomic E-state index is 12.8. The molecule has 0 atom stereocenters. The van der Waals surface area contributed by atoms with Gasteiger partial charge in [0.2, 0.25) is 5.91 Å². The first-order valence-corrected chi connectivity index (χ1v) is 11.4. The van der Waals surface area contributed by atoms with Gasteiger partial charge in [-0.25, -0.2) is 4.98 Å². The number of carbonyl (C=O) groups is 2. The summed E-state index contributed by atoms with van der Waals surface area (Å²) < 4.78 is 6.69. The topological polar surface area (TPSA) is 66.0 Å². The number of hydrogen-bond acceptors (Lipinski definition) is 6. The van der Waals surface area contributed by atoms with Crippen LogP contribution < -0.4 is 9.64 Å². The standard InChI is InChI=1S/C23H24N4O3S/c28-22(9-10-27-18-6-2-3-7-19(18)30-16-23(27)29)26-13-11-25(12-14-26)15-21-24-17-5-1-4-8-20(17)31-21/h1-8H,9-16H2. The van der Waals surface area contributed by atoms with Crippen molar-refractivity contribution in [2.75, 3.05) is 44.2 Å². The lowest BCUT2D eigenvalue weighted by molar-refractivity contribution is -0.132. The van der Waals surface area contributed by atoms with Gasteiger partial charge in [0.25, 0.3) is 5.91 Å². The molecule has 1 saturated heterocycles. The molecule has 1 aromatic heterocycles. The Kier molecular flexibility index (Phi) is 5.57. The zero-order valence-electron chi connectivity index (χ0n) is 17.2. The average molecular weight is 437 g/mol. The third kappa shape index (κ3) is 4.26. The number of fused-ring (bicyclic) bond motifs is 2. The van der Waals surface area contributed by atoms with Crippen LogP contribution in [0.1, 0.15) is 11.4 Å². The van der Waals surface area contributed by atoms with Crippen molar-refractivity contribution in [2.24, 2.45) is 0 Å². The Bertz CT molecular complexity index is 1070. The number of hydrogen-bond donors (Lipinski definition) is 0. The van der Waals surface area contributed by atoms with Gasteiger partial charge in [0.05, 0.1) is 22.4 Å². The summed E-state index contributed by atoms with van der Waals surface area (Å²) in [6.07, 6.45) is 0.317. The van der Waals surface area contributed by atoms with Gasteiger partial charge in [-0.15, -0.1) is 11.3 Å². The fourth-order valence-corrected chi connectivity index (χ4v) is 5.11. The van der Waals surface area contributed by atoms with Crippen LogP contribution in [0.5, 0.6) is 5.75 Å². The number of thiazole rings is 1. The van der Waals surface area contributed by atoms with E-state index in [1.54, 1.807) is 16.2 Å². The molecule has 0 spiro atoms. The molecule has 2 aromatic carbocycles. The van der Waals surface area contributed by atoms with E-state index >= 15 is 0 Å². The zero-order valence-corrected chi connectivity index (χ0v) is 18.0. The van der Waals surface area contributed by atoms with Crippen molar-refractivity contribution in [3.8, 4) is 5.75 Å². The largest absolute Gasteiger partial charge is 0.482 e. The minimum atomic E-state index is -0.104. The van der Waals surface area contributed by atoms with E-state index in [1.807, 2.05) is 47.4 Å². The number of rotatable bonds is 5. The van der Waals surface area contributed by atoms with E-state index in [4.69, 9.17) is 9.72 Å². The van der Waals surface area contributed by atoms with Gasteiger partial charge in [-0.2, -0.15) is 0 Å². The lowest BCUT2D eigenvalue weighted by Crippen LogP contribution is -2.49. The summed E-state index contributed by atoms with van der Waals surface area (Å²) >= 11 is 1.74. The van der Waals surface area contributed by atoms with Gasteiger partial charge in [0, 0.05) is 39.1 Å². The lowest BCUT2D eigenvalue weighted by Gasteiger charge is -2.35. The number of benzene rings is 2. The second-order valence-corrected chi connectivity index (χ2v) is 8.90. The predicted molar refractivity (Wildman–Crippen MR) is 120 cm³/mol. The first-order chi connectivity index (χ1) is 15.2. The van der Waals surface area contributed by atoms with Crippen molar-refractivity contribution in [2.45, 2.75) is 13.0 Å². The number of para-hydroxylation sites is 3. The Morgan fingerprint density at radius 1 is 1.03 bits per heavy atom. The molecule has 8 heteroatoms. The van der Waals surface area contributed by atoms with E-state index in [0.29, 0.717) is 31.8 Å². The van der Waals surface area contributed by atoms with E-state index in [9.17, 15) is 9.59 Å². The first kappa shape index (κ1) is 20.0. The smallest absolute Gasteiger partial charge is 0.265 e. The first-order valence-electron chi connectivity index (χ1n) is 10.5. The summed E-state index contributed by atoms with van der Waals surface area (Å²) in [6, 6.07) is 15.7. The number of anilines is 1. The number of carbonyl (C=O) groups excluding carboxylic acids is 2. The minimum Gasteiger partial charge on any atom is -0.482 e. The number of piperazine rings is 1. The normalized spacial score (nSPS) is 17.0. The molecule has 1 fully saturated rings. The van der Waals surface area contributed by atoms with Gasteiger partial charge in [-0.05, 0) is 24.3 Å². The molecular formula is C23H24N4O3S. The van der Waals surface area contributed by atoms with E-state index in [1.165, 1.54) is 4.70 Å². The number of amides is 2. The molecule has 160 valence electrons. The Morgan fingerprint density at radius 2 is 1.81 bits per heavy atom. The molecule has 3 aromatic rings. The van der Waals surface area contributed by atoms with Gasteiger partial charge in [-0.3, -0.25) is 14.5 Å². The SMILES string of the molecule is O=C(CCN1C(=O)COc2ccccc21)N1CCN(Cc2nc3ccccc3s2)CC1. The van der Waals surface area contributed by atoms with Crippen LogP contribution in [-0.4, -0.2) is 65.9 Å². The van der Waals surface area contributed by atoms with Crippen molar-refractivity contribution in [1.82, 2.24) is 14.8 Å². The van der Waals surface area contributed by atoms with Crippen LogP contribution in [-0.2, 0) is 16.1 Å². The Hall–Kier alpha value is -2.97. The monoisotopic (exact) mass is 436 g/mol. The summed E-state index contributed by atoms with van der Waals surface area (Å²) in [5.74, 6) is 0.682. The maximum Gasteiger partial charge on any atom is 0.265 e. The van der Waals surface area contributed by atoms with Crippen molar-refractivity contribution >= 4 is 39.1 Å². The van der Waals surface area contributed by atoms with Crippen LogP contribution >= 0.6 is 11.3 Å². The quantitative estimate of drug-likeness (QED) is 0.615. The Morgan fingerprint density at radius 3 is 2.65 bits per heavy atom. The molecule has 5 rings (SSSR count). The molecule has 3 heterocycles. The third-order valence-electron chi connectivity index (χ3n) is 5.78. The second-order valence-electron chi connectivity index (χ2n) is 7.78. The molecule has 7 nitrogen and oxygen atoms in total. The Balaban J connectivity index is 1.13. The predicted octanol–water partition coefficient (Wildman–Crippen LogP) is 2.76. The number of ether oxygens (including phenoxy) is 1. The van der Waals surface area contributed by atoms with Gasteiger partial charge in [-0.1, -0.05) is 24.3 Å². The van der Waals surface area contributed by atoms with Crippen molar-refractivity contribution in [3.63, 3.8) is 0 Å². The molecule has 0 unspecified atom stereocenters. The molecule has 0 bridgehead atoms. The highest BCUT2D eigenvalue weighted by Gasteiger charge is 2.27. The van der Waals surface area contributed by atoms with Crippen molar-refractivity contribution in [3.05, 3.63) is 53.5 Å². The summed E-state index contributed by atoms with van der Waals surface area (Å²) in [5.41, 5.74) is 1.79. The fourth-order valence-electron chi connectivity index (χ4n) is 4.10. The summed E-state index contributed by atoms with van der Waals surface area (Å²) in [5, 5.41) is 1.12. The fraction of sp³-hybridized carbons (Fsp3) is 0.348. The maximum absolute atomic E-state index is 12.8. The van der Waals surface area contributed by atoms with Crippen LogP contribution in [0.3, 0.4) is 0 Å². The van der Waals surface area contributed by atoms with Crippen LogP contribution in [0.2, 0.25) is 0 Å². The van der Waals surface area contributed by atoms with Gasteiger partial charge in [0.15, 0.2) is 6.61 Å². The summed E-state index contributed by atoms with van der Waals surface area (Å²) in [7, 11) is 0. The third-order valence-corrected chi connectivity index (χ3v) is 6.80. The molecule has 2 amide bonds. The van der Waals surface area contributed by atoms with Gasteiger partial charge >= 0.3 is 0 Å². The second kappa shape index (κ2) is 8.64. The average Bonchev–Trinajstić information content (AvgIpc) is 3.21. The molecule has 0 saturated carbocycles. The molecule has 0 N–H and O–H groups in total. The zero-order chi connectivity index (χ0) is 21.2. The van der Waals surface area contributed by atoms with E-state index in [0.717, 1.165) is 35.8 Å². The number of nitrogens with zero attached hydrogens (tertiary/aromatic N) is 4. The highest BCUT2D eigenvalue weighted by Crippen LogP contribution is 2.31. The Labute approximate surface area is 184 Å². The minimum absolute atomic E-state index is 0.0235. The highest BCUT2D eigenvalue weighted by molar-refractivity contribution is 7.18. The summed E-state index contributed by atoms with van der Waals surface area (Å²) in [6.45, 7) is 4.30. The lowest BCUT2D eigenvalue weighted by atomic mass is 10.2. The van der Waals surface area contributed by atoms with E-state index in [-0.39, 0.29) is 18.4 Å². The van der Waals surface area contributed by atoms with Crippen molar-refractivity contribution in [1.29, 1.82) is 0 Å². The molecular weight excluding hydrogens is 412 g/mol. The summed E-state index contributed by atoms with van der Waals surface area (Å²) in [4.78, 5) is 35.7. The van der Waals surface area contributed by atoms with Crippen molar-refractivity contribution < 1.29 is 14.3 Å². The van der Waals surface area contributed by atoms with E-state index < -0.39 is 0 Å². The molecule has 31 heavy (non-hydrogen) atoms. The molecule has 0 radical (unpaired) electrons. The van der Waals surface area contributed by atoms with E-state index in [2.05, 4.69) is 11.0 Å². The highest BCUT2D eigenvalue weighted by atomic mass is 32.1. The molecule has 2 aliphatic heterocycles. The van der Waals surface area contributed by atoms with Gasteiger partial charge < -0.3 is 14.5 Å². The van der Waals surface area contributed by atoms with Crippen LogP contribution in [0, 0.1) is 0 Å². The molecule has 0 aliphatic carbocycles. The van der Waals surface area contributed by atoms with Gasteiger partial charge in [0.1, 0.15) is 10.8 Å². The molecule has 2 aliphatic rings. The number of aromatic nitrogens is 1.